The van der Waals surface area contributed by atoms with E-state index in [0.717, 1.165) is 0 Å². The zero-order valence-electron chi connectivity index (χ0n) is 13.0. The van der Waals surface area contributed by atoms with Crippen LogP contribution in [-0.4, -0.2) is 50.6 Å². The molecule has 22 heavy (non-hydrogen) atoms. The minimum atomic E-state index is -0.190. The normalized spacial score (nSPS) is 10.2. The van der Waals surface area contributed by atoms with Crippen LogP contribution in [0, 0.1) is 0 Å². The van der Waals surface area contributed by atoms with E-state index in [2.05, 4.69) is 5.32 Å². The van der Waals surface area contributed by atoms with Gasteiger partial charge in [0.1, 0.15) is 5.75 Å². The number of carbonyl (C=O) groups excluding carboxylic acids is 2. The fourth-order valence-corrected chi connectivity index (χ4v) is 2.09. The zero-order chi connectivity index (χ0) is 16.5. The number of nitrogens with zero attached hydrogens (tertiary/aromatic N) is 1. The van der Waals surface area contributed by atoms with Crippen molar-refractivity contribution in [1.29, 1.82) is 0 Å². The molecule has 7 heteroatoms. The zero-order valence-corrected chi connectivity index (χ0v) is 13.8. The highest BCUT2D eigenvalue weighted by molar-refractivity contribution is 6.32. The minimum Gasteiger partial charge on any atom is -0.495 e. The van der Waals surface area contributed by atoms with Gasteiger partial charge in [-0.3, -0.25) is 9.59 Å². The molecular weight excluding hydrogens is 308 g/mol. The van der Waals surface area contributed by atoms with Gasteiger partial charge in [-0.2, -0.15) is 0 Å². The van der Waals surface area contributed by atoms with Crippen LogP contribution in [0.15, 0.2) is 18.2 Å². The average molecular weight is 329 g/mol. The molecule has 1 N–H and O–H groups in total. The second kappa shape index (κ2) is 9.27. The number of rotatable bonds is 8. The highest BCUT2D eigenvalue weighted by atomic mass is 35.5. The van der Waals surface area contributed by atoms with Crippen LogP contribution in [0.1, 0.15) is 13.3 Å². The number of halogens is 1. The van der Waals surface area contributed by atoms with Crippen LogP contribution in [0.2, 0.25) is 5.02 Å². The molecule has 1 rings (SSSR count). The van der Waals surface area contributed by atoms with Crippen molar-refractivity contribution in [2.45, 2.75) is 13.3 Å². The van der Waals surface area contributed by atoms with Crippen molar-refractivity contribution in [2.24, 2.45) is 0 Å². The Balaban J connectivity index is 2.51. The van der Waals surface area contributed by atoms with Gasteiger partial charge in [0.2, 0.25) is 11.8 Å². The summed E-state index contributed by atoms with van der Waals surface area (Å²) < 4.78 is 9.99. The molecule has 0 spiro atoms. The molecule has 6 nitrogen and oxygen atoms in total. The van der Waals surface area contributed by atoms with E-state index in [1.54, 1.807) is 30.2 Å². The van der Waals surface area contributed by atoms with E-state index in [1.165, 1.54) is 14.0 Å². The molecule has 1 aromatic carbocycles. The number of hydrogen-bond acceptors (Lipinski definition) is 4. The Morgan fingerprint density at radius 2 is 2.00 bits per heavy atom. The highest BCUT2D eigenvalue weighted by Gasteiger charge is 2.11. The van der Waals surface area contributed by atoms with Crippen molar-refractivity contribution in [3.8, 4) is 5.75 Å². The van der Waals surface area contributed by atoms with E-state index in [9.17, 15) is 9.59 Å². The van der Waals surface area contributed by atoms with Gasteiger partial charge in [-0.05, 0) is 18.2 Å². The summed E-state index contributed by atoms with van der Waals surface area (Å²) in [4.78, 5) is 24.9. The van der Waals surface area contributed by atoms with E-state index in [4.69, 9.17) is 21.1 Å². The Bertz CT molecular complexity index is 522. The third-order valence-corrected chi connectivity index (χ3v) is 3.35. The van der Waals surface area contributed by atoms with Gasteiger partial charge in [-0.15, -0.1) is 0 Å². The molecule has 0 aliphatic carbocycles. The Kier molecular flexibility index (Phi) is 7.70. The molecule has 0 aliphatic heterocycles. The van der Waals surface area contributed by atoms with Crippen LogP contribution >= 0.6 is 11.6 Å². The topological polar surface area (TPSA) is 67.9 Å². The molecule has 0 aromatic heterocycles. The van der Waals surface area contributed by atoms with E-state index in [1.807, 2.05) is 0 Å². The van der Waals surface area contributed by atoms with Crippen LogP contribution < -0.4 is 10.1 Å². The highest BCUT2D eigenvalue weighted by Crippen LogP contribution is 2.27. The van der Waals surface area contributed by atoms with E-state index < -0.39 is 0 Å². The number of hydrogen-bond donors (Lipinski definition) is 1. The molecule has 0 saturated heterocycles. The minimum absolute atomic E-state index is 0.0858. The quantitative estimate of drug-likeness (QED) is 0.794. The summed E-state index contributed by atoms with van der Waals surface area (Å²) in [6.07, 6.45) is 0.201. The number of carbonyl (C=O) groups is 2. The Labute approximate surface area is 135 Å². The third-order valence-electron chi connectivity index (χ3n) is 3.05. The molecule has 1 aromatic rings. The van der Waals surface area contributed by atoms with Crippen LogP contribution in [0.25, 0.3) is 0 Å². The lowest BCUT2D eigenvalue weighted by molar-refractivity contribution is -0.130. The molecule has 0 bridgehead atoms. The average Bonchev–Trinajstić information content (AvgIpc) is 2.47. The fourth-order valence-electron chi connectivity index (χ4n) is 1.83. The van der Waals surface area contributed by atoms with Gasteiger partial charge in [0, 0.05) is 39.2 Å². The van der Waals surface area contributed by atoms with Gasteiger partial charge in [0.25, 0.3) is 0 Å². The number of anilines is 1. The summed E-state index contributed by atoms with van der Waals surface area (Å²) in [7, 11) is 3.09. The van der Waals surface area contributed by atoms with Gasteiger partial charge in [-0.25, -0.2) is 0 Å². The predicted molar refractivity (Wildman–Crippen MR) is 85.4 cm³/mol. The van der Waals surface area contributed by atoms with Crippen LogP contribution in [0.5, 0.6) is 5.75 Å². The first-order chi connectivity index (χ1) is 10.5. The standard InChI is InChI=1S/C15H21ClN2O4/c1-11(19)18(8-9-21-2)7-6-15(20)17-12-4-5-14(22-3)13(16)10-12/h4-5,10H,6-9H2,1-3H3,(H,17,20). The molecule has 0 radical (unpaired) electrons. The Morgan fingerprint density at radius 1 is 1.27 bits per heavy atom. The van der Waals surface area contributed by atoms with Crippen LogP contribution in [0.3, 0.4) is 0 Å². The first-order valence-electron chi connectivity index (χ1n) is 6.85. The van der Waals surface area contributed by atoms with Crippen molar-refractivity contribution < 1.29 is 19.1 Å². The lowest BCUT2D eigenvalue weighted by Crippen LogP contribution is -2.34. The lowest BCUT2D eigenvalue weighted by atomic mass is 10.2. The van der Waals surface area contributed by atoms with Crippen molar-refractivity contribution in [3.05, 3.63) is 23.2 Å². The molecule has 2 amide bonds. The second-order valence-corrected chi connectivity index (χ2v) is 5.05. The van der Waals surface area contributed by atoms with E-state index >= 15 is 0 Å². The van der Waals surface area contributed by atoms with E-state index in [0.29, 0.717) is 36.2 Å². The van der Waals surface area contributed by atoms with Crippen LogP contribution in [0.4, 0.5) is 5.69 Å². The SMILES string of the molecule is COCCN(CCC(=O)Nc1ccc(OC)c(Cl)c1)C(C)=O. The first kappa shape index (κ1) is 18.3. The van der Waals surface area contributed by atoms with Crippen LogP contribution in [-0.2, 0) is 14.3 Å². The molecule has 0 aliphatic rings. The summed E-state index contributed by atoms with van der Waals surface area (Å²) in [5.74, 6) is 0.268. The molecular formula is C15H21ClN2O4. The maximum Gasteiger partial charge on any atom is 0.226 e. The van der Waals surface area contributed by atoms with Gasteiger partial charge < -0.3 is 19.7 Å². The van der Waals surface area contributed by atoms with Gasteiger partial charge >= 0.3 is 0 Å². The number of nitrogens with one attached hydrogen (secondary N) is 1. The molecule has 122 valence electrons. The third kappa shape index (κ3) is 5.91. The Morgan fingerprint density at radius 3 is 2.55 bits per heavy atom. The summed E-state index contributed by atoms with van der Waals surface area (Å²) >= 11 is 6.00. The summed E-state index contributed by atoms with van der Waals surface area (Å²) in [6.45, 7) is 2.72. The number of methoxy groups -OCH3 is 2. The van der Waals surface area contributed by atoms with E-state index in [-0.39, 0.29) is 18.2 Å². The van der Waals surface area contributed by atoms with Crippen molar-refractivity contribution in [1.82, 2.24) is 4.90 Å². The van der Waals surface area contributed by atoms with Crippen molar-refractivity contribution >= 4 is 29.1 Å². The Hall–Kier alpha value is -1.79. The largest absolute Gasteiger partial charge is 0.495 e. The lowest BCUT2D eigenvalue weighted by Gasteiger charge is -2.20. The van der Waals surface area contributed by atoms with Gasteiger partial charge in [-0.1, -0.05) is 11.6 Å². The monoisotopic (exact) mass is 328 g/mol. The molecule has 0 atom stereocenters. The maximum absolute atomic E-state index is 11.9. The summed E-state index contributed by atoms with van der Waals surface area (Å²) in [5.41, 5.74) is 0.585. The second-order valence-electron chi connectivity index (χ2n) is 4.65. The molecule has 0 unspecified atom stereocenters. The first-order valence-corrected chi connectivity index (χ1v) is 7.23. The molecule has 0 saturated carbocycles. The smallest absolute Gasteiger partial charge is 0.226 e. The fraction of sp³-hybridized carbons (Fsp3) is 0.467. The number of benzene rings is 1. The number of amides is 2. The van der Waals surface area contributed by atoms with Gasteiger partial charge in [0.15, 0.2) is 0 Å². The summed E-state index contributed by atoms with van der Waals surface area (Å²) in [6, 6.07) is 5.00. The predicted octanol–water partition coefficient (Wildman–Crippen LogP) is 2.17. The summed E-state index contributed by atoms with van der Waals surface area (Å²) in [5, 5.41) is 3.16. The number of ether oxygens (including phenoxy) is 2. The van der Waals surface area contributed by atoms with Gasteiger partial charge in [0.05, 0.1) is 18.7 Å². The molecule has 0 heterocycles. The van der Waals surface area contributed by atoms with Crippen molar-refractivity contribution in [3.63, 3.8) is 0 Å². The molecule has 0 fully saturated rings. The van der Waals surface area contributed by atoms with Crippen molar-refractivity contribution in [2.75, 3.05) is 39.2 Å². The maximum atomic E-state index is 11.9.